The molecule has 9 heteroatoms. The van der Waals surface area contributed by atoms with E-state index < -0.39 is 12.2 Å². The second-order valence-electron chi connectivity index (χ2n) is 8.63. The Morgan fingerprint density at radius 1 is 1.44 bits per heavy atom. The van der Waals surface area contributed by atoms with Crippen molar-refractivity contribution in [2.24, 2.45) is 0 Å². The van der Waals surface area contributed by atoms with Gasteiger partial charge in [-0.2, -0.15) is 5.10 Å². The molecule has 1 saturated carbocycles. The summed E-state index contributed by atoms with van der Waals surface area (Å²) in [6.07, 6.45) is 4.76. The van der Waals surface area contributed by atoms with E-state index in [2.05, 4.69) is 15.4 Å². The maximum Gasteiger partial charge on any atom is 0.180 e. The van der Waals surface area contributed by atoms with Crippen LogP contribution in [0.3, 0.4) is 0 Å². The molecule has 0 saturated heterocycles. The van der Waals surface area contributed by atoms with Gasteiger partial charge in [0, 0.05) is 0 Å². The third kappa shape index (κ3) is 3.46. The number of hydrogen-bond donors (Lipinski definition) is 1. The molecule has 0 bridgehead atoms. The molecular weight excluding hydrogens is 413 g/mol. The lowest BCUT2D eigenvalue weighted by molar-refractivity contribution is 0.112. The molecule has 3 heterocycles. The van der Waals surface area contributed by atoms with E-state index in [4.69, 9.17) is 9.47 Å². The zero-order valence-electron chi connectivity index (χ0n) is 18.3. The molecule has 1 aromatic carbocycles. The Bertz CT molecular complexity index is 1170. The predicted octanol–water partition coefficient (Wildman–Crippen LogP) is 3.24. The van der Waals surface area contributed by atoms with Crippen LogP contribution in [0.5, 0.6) is 11.5 Å². The number of aryl methyl sites for hydroxylation is 1. The molecule has 8 nitrogen and oxygen atoms in total. The van der Waals surface area contributed by atoms with Crippen LogP contribution in [0.25, 0.3) is 5.65 Å². The number of ether oxygens (including phenoxy) is 2. The molecule has 0 radical (unpaired) electrons. The lowest BCUT2D eigenvalue weighted by Crippen LogP contribution is -2.46. The fourth-order valence-corrected chi connectivity index (χ4v) is 4.07. The van der Waals surface area contributed by atoms with Crippen LogP contribution in [-0.2, 0) is 0 Å². The molecule has 1 aliphatic heterocycles. The number of likely N-dealkylation sites (N-methyl/N-ethyl adjacent to an activating group) is 1. The molecule has 0 spiro atoms. The Balaban J connectivity index is 1.64. The quantitative estimate of drug-likeness (QED) is 0.566. The number of fused-ring (bicyclic) bond motifs is 2. The van der Waals surface area contributed by atoms with Crippen LogP contribution < -0.4 is 19.7 Å². The van der Waals surface area contributed by atoms with Crippen molar-refractivity contribution >= 4 is 23.4 Å². The highest BCUT2D eigenvalue weighted by Crippen LogP contribution is 2.44. The molecule has 2 aliphatic rings. The minimum absolute atomic E-state index is 0.00126. The number of halogens is 1. The minimum atomic E-state index is -1.20. The third-order valence-electron chi connectivity index (χ3n) is 6.36. The average molecular weight is 439 g/mol. The van der Waals surface area contributed by atoms with Crippen LogP contribution in [0.2, 0.25) is 0 Å². The first-order valence-electron chi connectivity index (χ1n) is 10.8. The lowest BCUT2D eigenvalue weighted by atomic mass is 10.1. The van der Waals surface area contributed by atoms with Gasteiger partial charge in [-0.1, -0.05) is 6.07 Å². The first-order valence-corrected chi connectivity index (χ1v) is 10.8. The van der Waals surface area contributed by atoms with E-state index in [0.717, 1.165) is 24.1 Å². The van der Waals surface area contributed by atoms with E-state index in [0.29, 0.717) is 41.4 Å². The van der Waals surface area contributed by atoms with Crippen molar-refractivity contribution in [3.05, 3.63) is 41.7 Å². The molecule has 5 rings (SSSR count). The summed E-state index contributed by atoms with van der Waals surface area (Å²) in [6.45, 7) is 4.16. The number of nitrogens with one attached hydrogen (secondary N) is 1. The van der Waals surface area contributed by atoms with Crippen LogP contribution in [0.1, 0.15) is 35.7 Å². The van der Waals surface area contributed by atoms with Gasteiger partial charge in [-0.15, -0.1) is 0 Å². The van der Waals surface area contributed by atoms with Crippen molar-refractivity contribution in [2.45, 2.75) is 44.4 Å². The molecule has 1 aliphatic carbocycles. The van der Waals surface area contributed by atoms with Gasteiger partial charge in [-0.25, -0.2) is 13.9 Å². The largest absolute Gasteiger partial charge is 0.489 e. The maximum atomic E-state index is 14.8. The van der Waals surface area contributed by atoms with Gasteiger partial charge in [0.15, 0.2) is 23.5 Å². The van der Waals surface area contributed by atoms with Gasteiger partial charge < -0.3 is 19.7 Å². The van der Waals surface area contributed by atoms with Crippen molar-refractivity contribution in [3.63, 3.8) is 0 Å². The molecule has 1 fully saturated rings. The number of aldehydes is 1. The molecule has 2 atom stereocenters. The summed E-state index contributed by atoms with van der Waals surface area (Å²) in [7, 11) is 1.94. The summed E-state index contributed by atoms with van der Waals surface area (Å²) in [5.74, 6) is 1.56. The van der Waals surface area contributed by atoms with Gasteiger partial charge >= 0.3 is 0 Å². The van der Waals surface area contributed by atoms with E-state index in [1.807, 2.05) is 37.1 Å². The average Bonchev–Trinajstić information content (AvgIpc) is 3.47. The third-order valence-corrected chi connectivity index (χ3v) is 6.36. The SMILES string of the molecule is CNC1(COc2ccc(C)cc2N2c3nc4c(C=O)cnn4cc3OCC2C(C)F)CC1. The molecule has 168 valence electrons. The summed E-state index contributed by atoms with van der Waals surface area (Å²) < 4.78 is 28.4. The van der Waals surface area contributed by atoms with Crippen LogP contribution in [-0.4, -0.2) is 58.9 Å². The van der Waals surface area contributed by atoms with Gasteiger partial charge in [0.2, 0.25) is 0 Å². The van der Waals surface area contributed by atoms with Crippen molar-refractivity contribution in [1.82, 2.24) is 19.9 Å². The minimum Gasteiger partial charge on any atom is -0.489 e. The molecule has 0 amide bonds. The first kappa shape index (κ1) is 20.7. The van der Waals surface area contributed by atoms with Gasteiger partial charge in [-0.3, -0.25) is 4.79 Å². The summed E-state index contributed by atoms with van der Waals surface area (Å²) >= 11 is 0. The molecule has 32 heavy (non-hydrogen) atoms. The van der Waals surface area contributed by atoms with Crippen LogP contribution in [0.4, 0.5) is 15.9 Å². The summed E-state index contributed by atoms with van der Waals surface area (Å²) in [5, 5.41) is 7.50. The molecule has 3 aromatic rings. The number of hydrogen-bond acceptors (Lipinski definition) is 7. The fraction of sp³-hybridized carbons (Fsp3) is 0.435. The normalized spacial score (nSPS) is 19.9. The second-order valence-corrected chi connectivity index (χ2v) is 8.63. The van der Waals surface area contributed by atoms with E-state index in [-0.39, 0.29) is 12.1 Å². The van der Waals surface area contributed by atoms with E-state index in [9.17, 15) is 9.18 Å². The highest BCUT2D eigenvalue weighted by Gasteiger charge is 2.42. The molecule has 2 aromatic heterocycles. The first-order chi connectivity index (χ1) is 15.4. The number of carbonyl (C=O) groups excluding carboxylic acids is 1. The van der Waals surface area contributed by atoms with Crippen LogP contribution in [0.15, 0.2) is 30.6 Å². The molecular formula is C23H26FN5O3. The summed E-state index contributed by atoms with van der Waals surface area (Å²) in [6, 6.07) is 5.26. The van der Waals surface area contributed by atoms with Crippen molar-refractivity contribution < 1.29 is 18.7 Å². The van der Waals surface area contributed by atoms with E-state index >= 15 is 0 Å². The van der Waals surface area contributed by atoms with Gasteiger partial charge in [0.1, 0.15) is 31.2 Å². The Morgan fingerprint density at radius 2 is 2.25 bits per heavy atom. The highest BCUT2D eigenvalue weighted by molar-refractivity contribution is 5.85. The van der Waals surface area contributed by atoms with Crippen molar-refractivity contribution in [1.29, 1.82) is 0 Å². The Hall–Kier alpha value is -3.20. The summed E-state index contributed by atoms with van der Waals surface area (Å²) in [5.41, 5.74) is 2.48. The van der Waals surface area contributed by atoms with Crippen LogP contribution >= 0.6 is 0 Å². The van der Waals surface area contributed by atoms with Crippen LogP contribution in [0, 0.1) is 6.92 Å². The van der Waals surface area contributed by atoms with Gasteiger partial charge in [0.25, 0.3) is 0 Å². The maximum absolute atomic E-state index is 14.8. The smallest absolute Gasteiger partial charge is 0.180 e. The van der Waals surface area contributed by atoms with Gasteiger partial charge in [0.05, 0.1) is 29.2 Å². The number of alkyl halides is 1. The standard InChI is InChI=1S/C23H26FN5O3/c1-14-4-5-19(32-13-23(25-3)6-7-23)17(8-14)29-18(15(2)24)12-31-20-10-28-21(27-22(20)29)16(11-30)9-26-28/h4-5,8-11,15,18,25H,6-7,12-13H2,1-3H3. The fourth-order valence-electron chi connectivity index (χ4n) is 4.07. The predicted molar refractivity (Wildman–Crippen MR) is 118 cm³/mol. The summed E-state index contributed by atoms with van der Waals surface area (Å²) in [4.78, 5) is 18.0. The Labute approximate surface area is 185 Å². The highest BCUT2D eigenvalue weighted by atomic mass is 19.1. The number of rotatable bonds is 7. The topological polar surface area (TPSA) is 81.0 Å². The second kappa shape index (κ2) is 7.74. The monoisotopic (exact) mass is 439 g/mol. The Morgan fingerprint density at radius 3 is 2.94 bits per heavy atom. The van der Waals surface area contributed by atoms with Gasteiger partial charge in [-0.05, 0) is 51.4 Å². The Kier molecular flexibility index (Phi) is 5.00. The van der Waals surface area contributed by atoms with E-state index in [1.54, 1.807) is 6.20 Å². The molecule has 1 N–H and O–H groups in total. The number of benzene rings is 1. The zero-order chi connectivity index (χ0) is 22.5. The van der Waals surface area contributed by atoms with Crippen molar-refractivity contribution in [3.8, 4) is 11.5 Å². The van der Waals surface area contributed by atoms with Crippen molar-refractivity contribution in [2.75, 3.05) is 25.2 Å². The van der Waals surface area contributed by atoms with E-state index in [1.165, 1.54) is 17.6 Å². The number of anilines is 2. The lowest BCUT2D eigenvalue weighted by Gasteiger charge is -2.39. The zero-order valence-corrected chi connectivity index (χ0v) is 18.3. The number of nitrogens with zero attached hydrogens (tertiary/aromatic N) is 4. The number of carbonyl (C=O) groups is 1. The molecule has 2 unspecified atom stereocenters. The number of aromatic nitrogens is 3.